The van der Waals surface area contributed by atoms with Gasteiger partial charge in [0.05, 0.1) is 33.4 Å². The van der Waals surface area contributed by atoms with Crippen LogP contribution < -0.4 is 0 Å². The van der Waals surface area contributed by atoms with Crippen LogP contribution in [0.4, 0.5) is 0 Å². The number of aromatic nitrogens is 2. The van der Waals surface area contributed by atoms with Gasteiger partial charge in [0.2, 0.25) is 0 Å². The van der Waals surface area contributed by atoms with Gasteiger partial charge in [-0.25, -0.2) is 9.98 Å². The summed E-state index contributed by atoms with van der Waals surface area (Å²) in [5, 5.41) is 14.2. The van der Waals surface area contributed by atoms with Crippen LogP contribution in [0.15, 0.2) is 186 Å². The Morgan fingerprint density at radius 3 is 1.42 bits per heavy atom. The molecule has 7 aromatic carbocycles. The molecule has 0 fully saturated rings. The minimum atomic E-state index is 0.133. The Morgan fingerprint density at radius 1 is 0.440 bits per heavy atom. The summed E-state index contributed by atoms with van der Waals surface area (Å²) in [6.07, 6.45) is 1.87. The number of hydrogen-bond acceptors (Lipinski definition) is 1. The molecule has 0 spiro atoms. The summed E-state index contributed by atoms with van der Waals surface area (Å²) in [6.45, 7) is 0. The predicted molar refractivity (Wildman–Crippen MR) is 209 cm³/mol. The number of fused-ring (bicyclic) bond motifs is 6. The van der Waals surface area contributed by atoms with E-state index in [4.69, 9.17) is 9.98 Å². The Labute approximate surface area is 289 Å². The molecule has 50 heavy (non-hydrogen) atoms. The zero-order chi connectivity index (χ0) is 33.4. The van der Waals surface area contributed by atoms with Gasteiger partial charge < -0.3 is 9.13 Å². The summed E-state index contributed by atoms with van der Waals surface area (Å²) in [5.74, 6) is 0.596. The van der Waals surface area contributed by atoms with Gasteiger partial charge in [-0.3, -0.25) is 5.41 Å². The average Bonchev–Trinajstić information content (AvgIpc) is 3.70. The van der Waals surface area contributed by atoms with Crippen LogP contribution in [-0.2, 0) is 0 Å². The lowest BCUT2D eigenvalue weighted by Gasteiger charge is -2.13. The first-order chi connectivity index (χ1) is 24.8. The number of hydrogen-bond donors (Lipinski definition) is 1. The Hall–Kier alpha value is -6.85. The molecule has 5 heteroatoms. The lowest BCUT2D eigenvalue weighted by atomic mass is 10.1. The smallest absolute Gasteiger partial charge is 0.161 e. The van der Waals surface area contributed by atoms with E-state index < -0.39 is 0 Å². The molecule has 9 rings (SSSR count). The Bertz CT molecular complexity index is 2670. The molecule has 236 valence electrons. The summed E-state index contributed by atoms with van der Waals surface area (Å²) >= 11 is 0. The van der Waals surface area contributed by atoms with E-state index >= 15 is 0 Å². The number of benzene rings is 7. The first-order valence-corrected chi connectivity index (χ1v) is 16.7. The molecule has 2 aromatic heterocycles. The number of aliphatic imine (C=N–C) groups is 2. The van der Waals surface area contributed by atoms with Crippen molar-refractivity contribution in [1.82, 2.24) is 9.13 Å². The summed E-state index contributed by atoms with van der Waals surface area (Å²) in [6, 6.07) is 60.0. The fourth-order valence-corrected chi connectivity index (χ4v) is 7.09. The van der Waals surface area contributed by atoms with Crippen molar-refractivity contribution in [1.29, 1.82) is 5.41 Å². The Kier molecular flexibility index (Phi) is 7.21. The maximum atomic E-state index is 9.41. The number of nitrogens with one attached hydrogen (secondary N) is 1. The van der Waals surface area contributed by atoms with Crippen molar-refractivity contribution >= 4 is 61.5 Å². The van der Waals surface area contributed by atoms with Crippen molar-refractivity contribution in [3.63, 3.8) is 0 Å². The van der Waals surface area contributed by atoms with E-state index in [-0.39, 0.29) is 5.84 Å². The lowest BCUT2D eigenvalue weighted by Crippen LogP contribution is -2.08. The summed E-state index contributed by atoms with van der Waals surface area (Å²) in [4.78, 5) is 9.95. The second-order valence-electron chi connectivity index (χ2n) is 12.2. The van der Waals surface area contributed by atoms with E-state index in [1.165, 1.54) is 21.5 Å². The third-order valence-electron chi connectivity index (χ3n) is 9.31. The number of nitrogens with zero attached hydrogens (tertiary/aromatic N) is 4. The molecular weight excluding hydrogens is 611 g/mol. The number of para-hydroxylation sites is 6. The second-order valence-corrected chi connectivity index (χ2v) is 12.2. The van der Waals surface area contributed by atoms with Crippen molar-refractivity contribution < 1.29 is 0 Å². The van der Waals surface area contributed by atoms with Crippen LogP contribution in [0.25, 0.3) is 55.0 Å². The van der Waals surface area contributed by atoms with Gasteiger partial charge in [-0.2, -0.15) is 0 Å². The third-order valence-corrected chi connectivity index (χ3v) is 9.31. The zero-order valence-corrected chi connectivity index (χ0v) is 27.1. The van der Waals surface area contributed by atoms with Crippen molar-refractivity contribution in [2.75, 3.05) is 0 Å². The molecule has 0 amide bonds. The molecule has 2 heterocycles. The van der Waals surface area contributed by atoms with E-state index in [2.05, 4.69) is 130 Å². The van der Waals surface area contributed by atoms with Crippen molar-refractivity contribution in [3.8, 4) is 11.4 Å². The van der Waals surface area contributed by atoms with Gasteiger partial charge in [0, 0.05) is 44.4 Å². The molecule has 5 nitrogen and oxygen atoms in total. The topological polar surface area (TPSA) is 58.4 Å². The molecule has 0 radical (unpaired) electrons. The van der Waals surface area contributed by atoms with Crippen LogP contribution >= 0.6 is 0 Å². The van der Waals surface area contributed by atoms with Gasteiger partial charge in [0.25, 0.3) is 0 Å². The molecule has 1 N–H and O–H groups in total. The molecular formula is C45H31N5. The van der Waals surface area contributed by atoms with Crippen LogP contribution in [0.2, 0.25) is 0 Å². The summed E-state index contributed by atoms with van der Waals surface area (Å²) in [5.41, 5.74) is 8.84. The largest absolute Gasteiger partial charge is 0.309 e. The first-order valence-electron chi connectivity index (χ1n) is 16.7. The van der Waals surface area contributed by atoms with Gasteiger partial charge in [-0.05, 0) is 42.5 Å². The summed E-state index contributed by atoms with van der Waals surface area (Å²) < 4.78 is 4.53. The van der Waals surface area contributed by atoms with Crippen molar-refractivity contribution in [2.45, 2.75) is 0 Å². The minimum absolute atomic E-state index is 0.133. The highest BCUT2D eigenvalue weighted by atomic mass is 15.0. The monoisotopic (exact) mass is 641 g/mol. The lowest BCUT2D eigenvalue weighted by molar-refractivity contribution is 1.17. The fourth-order valence-electron chi connectivity index (χ4n) is 7.09. The predicted octanol–water partition coefficient (Wildman–Crippen LogP) is 10.8. The quantitative estimate of drug-likeness (QED) is 0.144. The summed E-state index contributed by atoms with van der Waals surface area (Å²) in [7, 11) is 0. The standard InChI is InChI=1S/C45H31N5/c46-44(37-23-9-15-29-43(37)50-41-27-13-7-21-35(41)36-22-8-14-28-42(36)50)48-45(31-16-2-1-3-17-31)47-30-32-18-4-10-24-38(32)49-39-25-11-5-19-33(39)34-20-6-12-26-40(34)49/h1-30,46H/b46-44?,47-30+,48-45-. The second kappa shape index (κ2) is 12.3. The molecule has 0 bridgehead atoms. The van der Waals surface area contributed by atoms with E-state index in [9.17, 15) is 5.41 Å². The molecule has 0 aliphatic carbocycles. The van der Waals surface area contributed by atoms with Gasteiger partial charge in [-0.1, -0.05) is 133 Å². The maximum Gasteiger partial charge on any atom is 0.161 e. The van der Waals surface area contributed by atoms with E-state index in [0.29, 0.717) is 11.4 Å². The van der Waals surface area contributed by atoms with Crippen LogP contribution in [0.5, 0.6) is 0 Å². The molecule has 0 saturated carbocycles. The normalized spacial score (nSPS) is 12.1. The van der Waals surface area contributed by atoms with Gasteiger partial charge in [-0.15, -0.1) is 0 Å². The SMILES string of the molecule is N=C(/N=C(\N=C\c1ccccc1-n1c2ccccc2c2ccccc21)c1ccccc1)c1ccccc1-n1c2ccccc2c2ccccc21. The highest BCUT2D eigenvalue weighted by Gasteiger charge is 2.17. The van der Waals surface area contributed by atoms with E-state index in [1.54, 1.807) is 0 Å². The Morgan fingerprint density at radius 2 is 0.860 bits per heavy atom. The van der Waals surface area contributed by atoms with Crippen LogP contribution in [0.1, 0.15) is 16.7 Å². The highest BCUT2D eigenvalue weighted by molar-refractivity contribution is 6.16. The molecule has 0 saturated heterocycles. The molecule has 0 aliphatic rings. The van der Waals surface area contributed by atoms with Crippen LogP contribution in [0, 0.1) is 5.41 Å². The van der Waals surface area contributed by atoms with Crippen molar-refractivity contribution in [2.24, 2.45) is 9.98 Å². The van der Waals surface area contributed by atoms with Crippen LogP contribution in [-0.4, -0.2) is 27.0 Å². The van der Waals surface area contributed by atoms with E-state index in [0.717, 1.165) is 44.6 Å². The molecule has 0 aliphatic heterocycles. The van der Waals surface area contributed by atoms with Gasteiger partial charge >= 0.3 is 0 Å². The van der Waals surface area contributed by atoms with Crippen LogP contribution in [0.3, 0.4) is 0 Å². The Balaban J connectivity index is 1.18. The molecule has 0 atom stereocenters. The maximum absolute atomic E-state index is 9.41. The van der Waals surface area contributed by atoms with Gasteiger partial charge in [0.15, 0.2) is 11.7 Å². The number of rotatable bonds is 5. The molecule has 9 aromatic rings. The highest BCUT2D eigenvalue weighted by Crippen LogP contribution is 2.34. The first kappa shape index (κ1) is 29.3. The average molecular weight is 642 g/mol. The van der Waals surface area contributed by atoms with Gasteiger partial charge in [0.1, 0.15) is 0 Å². The third kappa shape index (κ3) is 4.92. The molecule has 0 unspecified atom stereocenters. The van der Waals surface area contributed by atoms with Crippen molar-refractivity contribution in [3.05, 3.63) is 193 Å². The zero-order valence-electron chi connectivity index (χ0n) is 27.1. The number of amidine groups is 2. The van der Waals surface area contributed by atoms with E-state index in [1.807, 2.05) is 60.8 Å². The minimum Gasteiger partial charge on any atom is -0.309 e. The fraction of sp³-hybridized carbons (Fsp3) is 0.